The Kier molecular flexibility index (Phi) is 6.24. The third-order valence-electron chi connectivity index (χ3n) is 2.60. The molecule has 1 aromatic heterocycles. The molecular formula is C11H21N3O2S2. The van der Waals surface area contributed by atoms with Gasteiger partial charge in [0.05, 0.1) is 0 Å². The molecule has 0 unspecified atom stereocenters. The third kappa shape index (κ3) is 4.66. The van der Waals surface area contributed by atoms with Crippen LogP contribution in [0.4, 0.5) is 0 Å². The highest BCUT2D eigenvalue weighted by Gasteiger charge is 2.16. The predicted molar refractivity (Wildman–Crippen MR) is 75.4 cm³/mol. The van der Waals surface area contributed by atoms with Crippen molar-refractivity contribution in [1.82, 2.24) is 14.9 Å². The maximum atomic E-state index is 12.0. The molecule has 2 N–H and O–H groups in total. The molecule has 0 aliphatic rings. The maximum absolute atomic E-state index is 12.0. The Morgan fingerprint density at radius 2 is 2.17 bits per heavy atom. The van der Waals surface area contributed by atoms with Crippen molar-refractivity contribution in [3.05, 3.63) is 17.0 Å². The number of hydrogen-bond donors (Lipinski definition) is 2. The van der Waals surface area contributed by atoms with Gasteiger partial charge in [0, 0.05) is 19.6 Å². The minimum Gasteiger partial charge on any atom is -0.316 e. The van der Waals surface area contributed by atoms with Gasteiger partial charge in [0.1, 0.15) is 4.21 Å². The molecule has 0 aromatic carbocycles. The van der Waals surface area contributed by atoms with Gasteiger partial charge in [-0.3, -0.25) is 0 Å². The number of thiophene rings is 1. The Morgan fingerprint density at radius 3 is 2.78 bits per heavy atom. The van der Waals surface area contributed by atoms with E-state index in [4.69, 9.17) is 0 Å². The minimum absolute atomic E-state index is 0.381. The zero-order valence-electron chi connectivity index (χ0n) is 11.1. The van der Waals surface area contributed by atoms with Crippen LogP contribution >= 0.6 is 11.3 Å². The molecule has 0 saturated carbocycles. The second kappa shape index (κ2) is 7.20. The van der Waals surface area contributed by atoms with Crippen molar-refractivity contribution in [2.24, 2.45) is 0 Å². The Labute approximate surface area is 113 Å². The lowest BCUT2D eigenvalue weighted by Gasteiger charge is -2.13. The zero-order valence-corrected chi connectivity index (χ0v) is 12.7. The summed E-state index contributed by atoms with van der Waals surface area (Å²) in [6, 6.07) is 1.72. The summed E-state index contributed by atoms with van der Waals surface area (Å²) in [6.45, 7) is 4.78. The van der Waals surface area contributed by atoms with Crippen molar-refractivity contribution in [2.45, 2.75) is 17.7 Å². The van der Waals surface area contributed by atoms with E-state index in [1.807, 2.05) is 26.4 Å². The Balaban J connectivity index is 2.56. The molecule has 0 saturated heterocycles. The average molecular weight is 291 g/mol. The summed E-state index contributed by atoms with van der Waals surface area (Å²) in [4.78, 5) is 2.06. The molecular weight excluding hydrogens is 270 g/mol. The molecule has 5 nitrogen and oxygen atoms in total. The number of nitrogens with zero attached hydrogens (tertiary/aromatic N) is 1. The number of sulfonamides is 1. The molecule has 0 fully saturated rings. The Hall–Kier alpha value is -0.470. The highest BCUT2D eigenvalue weighted by Crippen LogP contribution is 2.19. The van der Waals surface area contributed by atoms with Gasteiger partial charge in [-0.2, -0.15) is 0 Å². The number of likely N-dealkylation sites (N-methyl/N-ethyl adjacent to an activating group) is 1. The summed E-state index contributed by atoms with van der Waals surface area (Å²) in [5.41, 5.74) is 0.994. The molecule has 18 heavy (non-hydrogen) atoms. The molecule has 0 aliphatic carbocycles. The quantitative estimate of drug-likeness (QED) is 0.740. The van der Waals surface area contributed by atoms with Gasteiger partial charge < -0.3 is 10.2 Å². The minimum atomic E-state index is -3.35. The molecule has 0 atom stereocenters. The van der Waals surface area contributed by atoms with Crippen molar-refractivity contribution < 1.29 is 8.42 Å². The molecule has 1 aromatic rings. The van der Waals surface area contributed by atoms with Crippen molar-refractivity contribution in [3.8, 4) is 0 Å². The van der Waals surface area contributed by atoms with E-state index in [1.165, 1.54) is 11.3 Å². The van der Waals surface area contributed by atoms with Crippen LogP contribution in [0.2, 0.25) is 0 Å². The lowest BCUT2D eigenvalue weighted by molar-refractivity contribution is 0.358. The summed E-state index contributed by atoms with van der Waals surface area (Å²) in [7, 11) is 0.453. The third-order valence-corrected chi connectivity index (χ3v) is 5.55. The van der Waals surface area contributed by atoms with E-state index in [-0.39, 0.29) is 0 Å². The van der Waals surface area contributed by atoms with E-state index in [2.05, 4.69) is 14.9 Å². The highest BCUT2D eigenvalue weighted by molar-refractivity contribution is 7.91. The van der Waals surface area contributed by atoms with Crippen LogP contribution in [-0.4, -0.2) is 47.0 Å². The van der Waals surface area contributed by atoms with Crippen LogP contribution in [-0.2, 0) is 16.6 Å². The molecule has 0 aliphatic heterocycles. The fourth-order valence-electron chi connectivity index (χ4n) is 1.39. The van der Waals surface area contributed by atoms with Crippen LogP contribution in [0.5, 0.6) is 0 Å². The number of hydrogen-bond acceptors (Lipinski definition) is 5. The van der Waals surface area contributed by atoms with Gasteiger partial charge in [-0.15, -0.1) is 11.3 Å². The van der Waals surface area contributed by atoms with Gasteiger partial charge in [0.15, 0.2) is 0 Å². The van der Waals surface area contributed by atoms with Crippen molar-refractivity contribution in [1.29, 1.82) is 0 Å². The summed E-state index contributed by atoms with van der Waals surface area (Å²) in [5.74, 6) is 0. The first-order valence-electron chi connectivity index (χ1n) is 5.89. The van der Waals surface area contributed by atoms with E-state index in [0.29, 0.717) is 23.8 Å². The fourth-order valence-corrected chi connectivity index (χ4v) is 3.67. The van der Waals surface area contributed by atoms with Crippen LogP contribution in [0.15, 0.2) is 15.7 Å². The van der Waals surface area contributed by atoms with Crippen molar-refractivity contribution in [2.75, 3.05) is 33.7 Å². The molecule has 1 rings (SSSR count). The van der Waals surface area contributed by atoms with Crippen LogP contribution in [0, 0.1) is 0 Å². The van der Waals surface area contributed by atoms with Crippen LogP contribution in [0.3, 0.4) is 0 Å². The molecule has 7 heteroatoms. The van der Waals surface area contributed by atoms with Gasteiger partial charge in [0.2, 0.25) is 10.0 Å². The monoisotopic (exact) mass is 291 g/mol. The van der Waals surface area contributed by atoms with Gasteiger partial charge >= 0.3 is 0 Å². The fraction of sp³-hybridized carbons (Fsp3) is 0.636. The van der Waals surface area contributed by atoms with E-state index < -0.39 is 10.0 Å². The van der Waals surface area contributed by atoms with Gasteiger partial charge in [-0.1, -0.05) is 6.92 Å². The van der Waals surface area contributed by atoms with E-state index in [0.717, 1.165) is 12.1 Å². The highest BCUT2D eigenvalue weighted by atomic mass is 32.2. The van der Waals surface area contributed by atoms with E-state index in [9.17, 15) is 8.42 Å². The SMILES string of the molecule is CCN(C)CCNS(=O)(=O)c1cc(CNC)cs1. The van der Waals surface area contributed by atoms with Crippen molar-refractivity contribution >= 4 is 21.4 Å². The summed E-state index contributed by atoms with van der Waals surface area (Å²) in [6.07, 6.45) is 0. The summed E-state index contributed by atoms with van der Waals surface area (Å²) < 4.78 is 27.0. The van der Waals surface area contributed by atoms with E-state index >= 15 is 0 Å². The second-order valence-electron chi connectivity index (χ2n) is 4.10. The first kappa shape index (κ1) is 15.6. The Morgan fingerprint density at radius 1 is 1.44 bits per heavy atom. The van der Waals surface area contributed by atoms with Crippen molar-refractivity contribution in [3.63, 3.8) is 0 Å². The number of nitrogens with one attached hydrogen (secondary N) is 2. The molecule has 0 radical (unpaired) electrons. The first-order chi connectivity index (χ1) is 8.49. The van der Waals surface area contributed by atoms with Gasteiger partial charge in [-0.25, -0.2) is 13.1 Å². The zero-order chi connectivity index (χ0) is 13.6. The summed E-state index contributed by atoms with van der Waals surface area (Å²) >= 11 is 1.26. The lowest BCUT2D eigenvalue weighted by Crippen LogP contribution is -2.32. The smallest absolute Gasteiger partial charge is 0.250 e. The molecule has 1 heterocycles. The van der Waals surface area contributed by atoms with Crippen LogP contribution < -0.4 is 10.0 Å². The average Bonchev–Trinajstić information content (AvgIpc) is 2.78. The normalized spacial score (nSPS) is 12.2. The first-order valence-corrected chi connectivity index (χ1v) is 8.26. The maximum Gasteiger partial charge on any atom is 0.250 e. The van der Waals surface area contributed by atoms with E-state index in [1.54, 1.807) is 6.07 Å². The van der Waals surface area contributed by atoms with Crippen LogP contribution in [0.25, 0.3) is 0 Å². The topological polar surface area (TPSA) is 61.4 Å². The van der Waals surface area contributed by atoms with Crippen LogP contribution in [0.1, 0.15) is 12.5 Å². The standard InChI is InChI=1S/C11H21N3O2S2/c1-4-14(3)6-5-13-18(15,16)11-7-10(8-12-2)9-17-11/h7,9,12-13H,4-6,8H2,1-3H3. The largest absolute Gasteiger partial charge is 0.316 e. The lowest BCUT2D eigenvalue weighted by atomic mass is 10.3. The predicted octanol–water partition coefficient (Wildman–Crippen LogP) is 0.698. The van der Waals surface area contributed by atoms with Gasteiger partial charge in [0.25, 0.3) is 0 Å². The summed E-state index contributed by atoms with van der Waals surface area (Å²) in [5, 5.41) is 4.86. The molecule has 0 bridgehead atoms. The Bertz CT molecular complexity index is 457. The van der Waals surface area contributed by atoms with Gasteiger partial charge in [-0.05, 0) is 37.6 Å². The molecule has 104 valence electrons. The molecule has 0 spiro atoms. The number of rotatable bonds is 8. The molecule has 0 amide bonds. The second-order valence-corrected chi connectivity index (χ2v) is 7.00.